The first-order valence-corrected chi connectivity index (χ1v) is 6.75. The van der Waals surface area contributed by atoms with Crippen molar-refractivity contribution in [3.05, 3.63) is 50.9 Å². The van der Waals surface area contributed by atoms with Gasteiger partial charge in [-0.05, 0) is 30.3 Å². The SMILES string of the molecule is O=C(Nc1ccc(Cl)cc1F)c1ccc(C#CCO)s1. The van der Waals surface area contributed by atoms with E-state index in [1.165, 1.54) is 12.1 Å². The fourth-order valence-corrected chi connectivity index (χ4v) is 2.36. The minimum absolute atomic E-state index is 0.0655. The highest BCUT2D eigenvalue weighted by Gasteiger charge is 2.11. The molecule has 1 aromatic carbocycles. The van der Waals surface area contributed by atoms with E-state index >= 15 is 0 Å². The Balaban J connectivity index is 2.13. The summed E-state index contributed by atoms with van der Waals surface area (Å²) in [6.45, 7) is -0.241. The van der Waals surface area contributed by atoms with Crippen molar-refractivity contribution in [3.8, 4) is 11.8 Å². The van der Waals surface area contributed by atoms with E-state index in [1.807, 2.05) is 0 Å². The molecule has 1 amide bonds. The Bertz CT molecular complexity index is 703. The summed E-state index contributed by atoms with van der Waals surface area (Å²) >= 11 is 6.80. The van der Waals surface area contributed by atoms with Gasteiger partial charge in [-0.2, -0.15) is 0 Å². The first-order valence-electron chi connectivity index (χ1n) is 5.56. The highest BCUT2D eigenvalue weighted by atomic mass is 35.5. The van der Waals surface area contributed by atoms with Gasteiger partial charge in [-0.25, -0.2) is 4.39 Å². The van der Waals surface area contributed by atoms with Crippen molar-refractivity contribution in [2.75, 3.05) is 11.9 Å². The number of carbonyl (C=O) groups is 1. The van der Waals surface area contributed by atoms with E-state index in [0.717, 1.165) is 17.4 Å². The lowest BCUT2D eigenvalue weighted by atomic mass is 10.3. The van der Waals surface area contributed by atoms with Crippen LogP contribution in [-0.4, -0.2) is 17.6 Å². The average Bonchev–Trinajstić information content (AvgIpc) is 2.88. The van der Waals surface area contributed by atoms with Gasteiger partial charge < -0.3 is 10.4 Å². The van der Waals surface area contributed by atoms with Crippen molar-refractivity contribution in [3.63, 3.8) is 0 Å². The predicted molar refractivity (Wildman–Crippen MR) is 77.6 cm³/mol. The van der Waals surface area contributed by atoms with Gasteiger partial charge in [-0.1, -0.05) is 23.4 Å². The molecule has 2 aromatic rings. The van der Waals surface area contributed by atoms with Crippen LogP contribution in [0.4, 0.5) is 10.1 Å². The summed E-state index contributed by atoms with van der Waals surface area (Å²) in [7, 11) is 0. The third-order valence-corrected chi connectivity index (χ3v) is 3.53. The standard InChI is InChI=1S/C14H9ClFNO2S/c15-9-3-5-12(11(16)8-9)17-14(19)13-6-4-10(20-13)2-1-7-18/h3-6,8,18H,7H2,(H,17,19). The largest absolute Gasteiger partial charge is 0.384 e. The molecule has 0 unspecified atom stereocenters. The Labute approximate surface area is 124 Å². The molecular formula is C14H9ClFNO2S. The molecule has 6 heteroatoms. The molecule has 20 heavy (non-hydrogen) atoms. The number of amides is 1. The van der Waals surface area contributed by atoms with E-state index < -0.39 is 11.7 Å². The van der Waals surface area contributed by atoms with Gasteiger partial charge in [0.2, 0.25) is 0 Å². The van der Waals surface area contributed by atoms with Gasteiger partial charge in [0.1, 0.15) is 12.4 Å². The van der Waals surface area contributed by atoms with Gasteiger partial charge in [-0.15, -0.1) is 11.3 Å². The van der Waals surface area contributed by atoms with Gasteiger partial charge >= 0.3 is 0 Å². The van der Waals surface area contributed by atoms with Gasteiger partial charge in [0, 0.05) is 5.02 Å². The lowest BCUT2D eigenvalue weighted by Gasteiger charge is -2.04. The van der Waals surface area contributed by atoms with E-state index in [4.69, 9.17) is 16.7 Å². The summed E-state index contributed by atoms with van der Waals surface area (Å²) in [5.41, 5.74) is 0.0655. The van der Waals surface area contributed by atoms with E-state index in [9.17, 15) is 9.18 Å². The van der Waals surface area contributed by atoms with Crippen molar-refractivity contribution in [1.82, 2.24) is 0 Å². The van der Waals surface area contributed by atoms with Crippen LogP contribution in [-0.2, 0) is 0 Å². The van der Waals surface area contributed by atoms with Crippen LogP contribution in [0.5, 0.6) is 0 Å². The lowest BCUT2D eigenvalue weighted by molar-refractivity contribution is 0.103. The highest BCUT2D eigenvalue weighted by molar-refractivity contribution is 7.14. The van der Waals surface area contributed by atoms with E-state index in [-0.39, 0.29) is 17.3 Å². The fraction of sp³-hybridized carbons (Fsp3) is 0.0714. The lowest BCUT2D eigenvalue weighted by Crippen LogP contribution is -2.11. The average molecular weight is 310 g/mol. The topological polar surface area (TPSA) is 49.3 Å². The molecule has 0 saturated heterocycles. The third-order valence-electron chi connectivity index (χ3n) is 2.30. The number of aliphatic hydroxyl groups excluding tert-OH is 1. The molecule has 0 bridgehead atoms. The van der Waals surface area contributed by atoms with Crippen molar-refractivity contribution in [2.45, 2.75) is 0 Å². The summed E-state index contributed by atoms with van der Waals surface area (Å²) in [5.74, 6) is 4.17. The quantitative estimate of drug-likeness (QED) is 0.837. The first-order chi connectivity index (χ1) is 9.60. The summed E-state index contributed by atoms with van der Waals surface area (Å²) in [6.07, 6.45) is 0. The van der Waals surface area contributed by atoms with E-state index in [1.54, 1.807) is 12.1 Å². The van der Waals surface area contributed by atoms with Gasteiger partial charge in [0.15, 0.2) is 0 Å². The zero-order chi connectivity index (χ0) is 14.5. The highest BCUT2D eigenvalue weighted by Crippen LogP contribution is 2.21. The molecule has 0 aliphatic carbocycles. The van der Waals surface area contributed by atoms with Crippen LogP contribution in [0, 0.1) is 17.7 Å². The Morgan fingerprint density at radius 3 is 2.90 bits per heavy atom. The van der Waals surface area contributed by atoms with Crippen LogP contribution in [0.1, 0.15) is 14.5 Å². The molecule has 2 N–H and O–H groups in total. The van der Waals surface area contributed by atoms with Gasteiger partial charge in [-0.3, -0.25) is 4.79 Å². The fourth-order valence-electron chi connectivity index (χ4n) is 1.43. The number of nitrogens with one attached hydrogen (secondary N) is 1. The molecule has 0 fully saturated rings. The van der Waals surface area contributed by atoms with Crippen LogP contribution in [0.3, 0.4) is 0 Å². The summed E-state index contributed by atoms with van der Waals surface area (Å²) in [5, 5.41) is 11.3. The molecule has 1 heterocycles. The molecule has 2 rings (SSSR count). The number of halogens is 2. The number of hydrogen-bond donors (Lipinski definition) is 2. The monoisotopic (exact) mass is 309 g/mol. The molecular weight excluding hydrogens is 301 g/mol. The number of aliphatic hydroxyl groups is 1. The molecule has 1 aromatic heterocycles. The minimum atomic E-state index is -0.595. The number of anilines is 1. The Morgan fingerprint density at radius 1 is 1.40 bits per heavy atom. The smallest absolute Gasteiger partial charge is 0.265 e. The van der Waals surface area contributed by atoms with E-state index in [0.29, 0.717) is 9.75 Å². The summed E-state index contributed by atoms with van der Waals surface area (Å²) < 4.78 is 13.6. The second-order valence-electron chi connectivity index (χ2n) is 3.70. The Kier molecular flexibility index (Phi) is 4.74. The van der Waals surface area contributed by atoms with Gasteiger partial charge in [0.25, 0.3) is 5.91 Å². The summed E-state index contributed by atoms with van der Waals surface area (Å²) in [4.78, 5) is 13.0. The third kappa shape index (κ3) is 3.58. The number of rotatable bonds is 2. The van der Waals surface area contributed by atoms with Crippen molar-refractivity contribution >= 4 is 34.5 Å². The normalized spacial score (nSPS) is 9.75. The van der Waals surface area contributed by atoms with Crippen LogP contribution in [0.2, 0.25) is 5.02 Å². The van der Waals surface area contributed by atoms with Crippen LogP contribution in [0.15, 0.2) is 30.3 Å². The van der Waals surface area contributed by atoms with Crippen molar-refractivity contribution in [1.29, 1.82) is 0 Å². The van der Waals surface area contributed by atoms with Crippen molar-refractivity contribution < 1.29 is 14.3 Å². The zero-order valence-corrected chi connectivity index (χ0v) is 11.7. The maximum absolute atomic E-state index is 13.6. The van der Waals surface area contributed by atoms with Crippen molar-refractivity contribution in [2.24, 2.45) is 0 Å². The van der Waals surface area contributed by atoms with Gasteiger partial charge in [0.05, 0.1) is 15.4 Å². The van der Waals surface area contributed by atoms with Crippen LogP contribution < -0.4 is 5.32 Å². The molecule has 102 valence electrons. The molecule has 0 saturated carbocycles. The molecule has 0 spiro atoms. The van der Waals surface area contributed by atoms with Crippen LogP contribution in [0.25, 0.3) is 0 Å². The number of hydrogen-bond acceptors (Lipinski definition) is 3. The Hall–Kier alpha value is -1.87. The number of benzene rings is 1. The van der Waals surface area contributed by atoms with Crippen LogP contribution >= 0.6 is 22.9 Å². The second kappa shape index (κ2) is 6.53. The number of carbonyl (C=O) groups excluding carboxylic acids is 1. The molecule has 0 atom stereocenters. The second-order valence-corrected chi connectivity index (χ2v) is 5.22. The zero-order valence-electron chi connectivity index (χ0n) is 10.1. The maximum atomic E-state index is 13.6. The first kappa shape index (κ1) is 14.5. The Morgan fingerprint density at radius 2 is 2.20 bits per heavy atom. The predicted octanol–water partition coefficient (Wildman–Crippen LogP) is 3.14. The summed E-state index contributed by atoms with van der Waals surface area (Å²) in [6, 6.07) is 7.28. The molecule has 0 aliphatic rings. The number of thiophene rings is 1. The minimum Gasteiger partial charge on any atom is -0.384 e. The molecule has 0 radical (unpaired) electrons. The molecule has 3 nitrogen and oxygen atoms in total. The van der Waals surface area contributed by atoms with E-state index in [2.05, 4.69) is 17.2 Å². The molecule has 0 aliphatic heterocycles. The maximum Gasteiger partial charge on any atom is 0.265 e.